The summed E-state index contributed by atoms with van der Waals surface area (Å²) in [5, 5.41) is 0. The Morgan fingerprint density at radius 1 is 1.17 bits per heavy atom. The first-order chi connectivity index (χ1) is 11.1. The third-order valence-electron chi connectivity index (χ3n) is 4.58. The van der Waals surface area contributed by atoms with Gasteiger partial charge in [0, 0.05) is 25.2 Å². The summed E-state index contributed by atoms with van der Waals surface area (Å²) in [6.45, 7) is 2.12. The molecule has 4 nitrogen and oxygen atoms in total. The first-order valence-electron chi connectivity index (χ1n) is 8.89. The molecule has 0 aromatic rings. The predicted molar refractivity (Wildman–Crippen MR) is 90.0 cm³/mol. The second kappa shape index (κ2) is 11.1. The number of allylic oxidation sites excluding steroid dienone is 2. The molecule has 0 aromatic heterocycles. The van der Waals surface area contributed by atoms with E-state index in [1.54, 1.807) is 6.08 Å². The maximum absolute atomic E-state index is 12.0. The molecular weight excluding hydrogens is 292 g/mol. The van der Waals surface area contributed by atoms with Gasteiger partial charge in [-0.1, -0.05) is 32.3 Å². The van der Waals surface area contributed by atoms with Crippen molar-refractivity contribution in [2.75, 3.05) is 7.11 Å². The standard InChI is InChI=1S/C19H30O4/c1-3-4-5-8-16(20)13-11-15-12-14-18(21)17(15)9-6-7-10-19(22)23-2/h11,13,15,17H,3-10,12,14H2,1-2H3. The van der Waals surface area contributed by atoms with Gasteiger partial charge in [0.1, 0.15) is 5.78 Å². The molecule has 1 aliphatic carbocycles. The molecule has 130 valence electrons. The van der Waals surface area contributed by atoms with Crippen LogP contribution < -0.4 is 0 Å². The van der Waals surface area contributed by atoms with Gasteiger partial charge in [-0.3, -0.25) is 14.4 Å². The molecule has 0 bridgehead atoms. The first-order valence-corrected chi connectivity index (χ1v) is 8.89. The maximum atomic E-state index is 12.0. The van der Waals surface area contributed by atoms with Crippen molar-refractivity contribution in [3.63, 3.8) is 0 Å². The fraction of sp³-hybridized carbons (Fsp3) is 0.737. The number of hydrogen-bond acceptors (Lipinski definition) is 4. The minimum Gasteiger partial charge on any atom is -0.469 e. The summed E-state index contributed by atoms with van der Waals surface area (Å²) in [7, 11) is 1.39. The van der Waals surface area contributed by atoms with Gasteiger partial charge < -0.3 is 4.74 Å². The van der Waals surface area contributed by atoms with Gasteiger partial charge in [0.2, 0.25) is 0 Å². The number of unbranched alkanes of at least 4 members (excludes halogenated alkanes) is 3. The Bertz CT molecular complexity index is 425. The van der Waals surface area contributed by atoms with Crippen LogP contribution in [0.5, 0.6) is 0 Å². The molecule has 0 radical (unpaired) electrons. The fourth-order valence-corrected chi connectivity index (χ4v) is 3.14. The summed E-state index contributed by atoms with van der Waals surface area (Å²) in [5.41, 5.74) is 0. The minimum absolute atomic E-state index is 0.0207. The monoisotopic (exact) mass is 322 g/mol. The molecule has 0 saturated heterocycles. The molecule has 2 atom stereocenters. The number of carbonyl (C=O) groups is 3. The van der Waals surface area contributed by atoms with Gasteiger partial charge in [0.25, 0.3) is 0 Å². The summed E-state index contributed by atoms with van der Waals surface area (Å²) in [4.78, 5) is 34.9. The van der Waals surface area contributed by atoms with Gasteiger partial charge in [-0.15, -0.1) is 0 Å². The van der Waals surface area contributed by atoms with Gasteiger partial charge in [-0.25, -0.2) is 0 Å². The Hall–Kier alpha value is -1.45. The van der Waals surface area contributed by atoms with Gasteiger partial charge >= 0.3 is 5.97 Å². The van der Waals surface area contributed by atoms with Crippen LogP contribution in [0.3, 0.4) is 0 Å². The first kappa shape index (κ1) is 19.6. The smallest absolute Gasteiger partial charge is 0.305 e. The van der Waals surface area contributed by atoms with Crippen molar-refractivity contribution in [1.29, 1.82) is 0 Å². The molecule has 1 aliphatic rings. The molecule has 0 aliphatic heterocycles. The van der Waals surface area contributed by atoms with Crippen molar-refractivity contribution in [2.45, 2.75) is 71.1 Å². The number of rotatable bonds is 11. The molecule has 2 unspecified atom stereocenters. The number of ketones is 2. The average Bonchev–Trinajstić information content (AvgIpc) is 2.89. The molecule has 0 aromatic carbocycles. The summed E-state index contributed by atoms with van der Waals surface area (Å²) in [6.07, 6.45) is 11.7. The highest BCUT2D eigenvalue weighted by molar-refractivity contribution is 5.90. The summed E-state index contributed by atoms with van der Waals surface area (Å²) < 4.78 is 4.62. The summed E-state index contributed by atoms with van der Waals surface area (Å²) >= 11 is 0. The molecule has 1 saturated carbocycles. The highest BCUT2D eigenvalue weighted by atomic mass is 16.5. The highest BCUT2D eigenvalue weighted by Gasteiger charge is 2.32. The largest absolute Gasteiger partial charge is 0.469 e. The van der Waals surface area contributed by atoms with Crippen molar-refractivity contribution in [2.24, 2.45) is 11.8 Å². The molecule has 0 heterocycles. The predicted octanol–water partition coefficient (Wildman–Crippen LogP) is 4.02. The van der Waals surface area contributed by atoms with E-state index in [0.717, 1.165) is 44.9 Å². The van der Waals surface area contributed by atoms with Crippen LogP contribution in [0.25, 0.3) is 0 Å². The fourth-order valence-electron chi connectivity index (χ4n) is 3.14. The quantitative estimate of drug-likeness (QED) is 0.327. The zero-order chi connectivity index (χ0) is 17.1. The molecule has 0 amide bonds. The van der Waals surface area contributed by atoms with Crippen LogP contribution in [0.4, 0.5) is 0 Å². The highest BCUT2D eigenvalue weighted by Crippen LogP contribution is 2.33. The van der Waals surface area contributed by atoms with Crippen LogP contribution >= 0.6 is 0 Å². The van der Waals surface area contributed by atoms with E-state index in [1.807, 2.05) is 6.08 Å². The lowest BCUT2D eigenvalue weighted by Crippen LogP contribution is -2.14. The third kappa shape index (κ3) is 7.58. The van der Waals surface area contributed by atoms with Gasteiger partial charge in [-0.05, 0) is 37.7 Å². The van der Waals surface area contributed by atoms with E-state index < -0.39 is 0 Å². The number of hydrogen-bond donors (Lipinski definition) is 0. The van der Waals surface area contributed by atoms with Crippen LogP contribution in [0, 0.1) is 11.8 Å². The van der Waals surface area contributed by atoms with Crippen molar-refractivity contribution < 1.29 is 19.1 Å². The van der Waals surface area contributed by atoms with Crippen LogP contribution in [-0.4, -0.2) is 24.6 Å². The number of carbonyl (C=O) groups excluding carboxylic acids is 3. The lowest BCUT2D eigenvalue weighted by molar-refractivity contribution is -0.140. The molecule has 0 spiro atoms. The number of esters is 1. The molecule has 1 rings (SSSR count). The molecule has 23 heavy (non-hydrogen) atoms. The number of Topliss-reactive ketones (excluding diaryl/α,β-unsaturated/α-hetero) is 1. The van der Waals surface area contributed by atoms with Crippen LogP contribution in [0.1, 0.15) is 71.1 Å². The molecule has 0 N–H and O–H groups in total. The van der Waals surface area contributed by atoms with Crippen LogP contribution in [-0.2, 0) is 19.1 Å². The average molecular weight is 322 g/mol. The van der Waals surface area contributed by atoms with Gasteiger partial charge in [0.05, 0.1) is 7.11 Å². The molecule has 1 fully saturated rings. The zero-order valence-corrected chi connectivity index (χ0v) is 14.5. The van der Waals surface area contributed by atoms with E-state index in [1.165, 1.54) is 7.11 Å². The molecule has 4 heteroatoms. The second-order valence-corrected chi connectivity index (χ2v) is 6.38. The Morgan fingerprint density at radius 2 is 1.91 bits per heavy atom. The topological polar surface area (TPSA) is 60.4 Å². The van der Waals surface area contributed by atoms with Gasteiger partial charge in [-0.2, -0.15) is 0 Å². The summed E-state index contributed by atoms with van der Waals surface area (Å²) in [6, 6.07) is 0. The Balaban J connectivity index is 2.37. The van der Waals surface area contributed by atoms with Crippen molar-refractivity contribution in [1.82, 2.24) is 0 Å². The minimum atomic E-state index is -0.197. The van der Waals surface area contributed by atoms with E-state index in [9.17, 15) is 14.4 Å². The maximum Gasteiger partial charge on any atom is 0.305 e. The Labute approximate surface area is 139 Å². The van der Waals surface area contributed by atoms with Crippen molar-refractivity contribution in [3.8, 4) is 0 Å². The lowest BCUT2D eigenvalue weighted by Gasteiger charge is -2.14. The van der Waals surface area contributed by atoms with Crippen molar-refractivity contribution in [3.05, 3.63) is 12.2 Å². The Kier molecular flexibility index (Phi) is 9.49. The normalized spacial score (nSPS) is 21.0. The third-order valence-corrected chi connectivity index (χ3v) is 4.58. The van der Waals surface area contributed by atoms with E-state index in [4.69, 9.17) is 0 Å². The number of methoxy groups -OCH3 is 1. The Morgan fingerprint density at radius 3 is 2.61 bits per heavy atom. The van der Waals surface area contributed by atoms with Crippen molar-refractivity contribution >= 4 is 17.5 Å². The van der Waals surface area contributed by atoms with Crippen LogP contribution in [0.15, 0.2) is 12.2 Å². The van der Waals surface area contributed by atoms with E-state index in [2.05, 4.69) is 11.7 Å². The van der Waals surface area contributed by atoms with E-state index in [0.29, 0.717) is 25.0 Å². The van der Waals surface area contributed by atoms with Gasteiger partial charge in [0.15, 0.2) is 5.78 Å². The van der Waals surface area contributed by atoms with E-state index in [-0.39, 0.29) is 23.6 Å². The SMILES string of the molecule is CCCCCC(=O)C=CC1CCC(=O)C1CCCCC(=O)OC. The number of ether oxygens (including phenoxy) is 1. The lowest BCUT2D eigenvalue weighted by atomic mass is 9.89. The van der Waals surface area contributed by atoms with E-state index >= 15 is 0 Å². The zero-order valence-electron chi connectivity index (χ0n) is 14.5. The van der Waals surface area contributed by atoms with Crippen LogP contribution in [0.2, 0.25) is 0 Å². The second-order valence-electron chi connectivity index (χ2n) is 6.38. The summed E-state index contributed by atoms with van der Waals surface area (Å²) in [5.74, 6) is 0.485. The molecular formula is C19H30O4.